The van der Waals surface area contributed by atoms with Crippen molar-refractivity contribution in [3.05, 3.63) is 24.3 Å². The van der Waals surface area contributed by atoms with E-state index < -0.39 is 6.09 Å². The highest BCUT2D eigenvalue weighted by atomic mass is 16.5. The molecule has 0 aliphatic carbocycles. The lowest BCUT2D eigenvalue weighted by Gasteiger charge is -2.14. The standard InChI is InChI=1S/C14H19N3O3/c1-9-7-15-8-12(9)13(18)16-10-4-3-5-11(6-10)17-14(19)20-2/h3-6,9,12,15H,7-8H2,1-2H3,(H,16,18)(H,17,19)/t9-,12-/m1/s1. The van der Waals surface area contributed by atoms with Gasteiger partial charge in [-0.05, 0) is 30.7 Å². The molecule has 6 heteroatoms. The number of amides is 2. The first-order valence-corrected chi connectivity index (χ1v) is 6.56. The molecule has 0 aromatic heterocycles. The smallest absolute Gasteiger partial charge is 0.411 e. The van der Waals surface area contributed by atoms with Crippen molar-refractivity contribution in [3.63, 3.8) is 0 Å². The van der Waals surface area contributed by atoms with E-state index >= 15 is 0 Å². The number of hydrogen-bond acceptors (Lipinski definition) is 4. The van der Waals surface area contributed by atoms with Crippen LogP contribution >= 0.6 is 0 Å². The number of hydrogen-bond donors (Lipinski definition) is 3. The second-order valence-corrected chi connectivity index (χ2v) is 4.93. The molecule has 0 unspecified atom stereocenters. The summed E-state index contributed by atoms with van der Waals surface area (Å²) in [5, 5.41) is 8.63. The molecule has 20 heavy (non-hydrogen) atoms. The van der Waals surface area contributed by atoms with Gasteiger partial charge in [0.15, 0.2) is 0 Å². The van der Waals surface area contributed by atoms with Crippen molar-refractivity contribution in [1.29, 1.82) is 0 Å². The van der Waals surface area contributed by atoms with E-state index in [0.29, 0.717) is 23.8 Å². The van der Waals surface area contributed by atoms with Crippen molar-refractivity contribution >= 4 is 23.4 Å². The fourth-order valence-electron chi connectivity index (χ4n) is 2.24. The molecule has 3 N–H and O–H groups in total. The first-order valence-electron chi connectivity index (χ1n) is 6.56. The maximum absolute atomic E-state index is 12.2. The van der Waals surface area contributed by atoms with Gasteiger partial charge in [-0.25, -0.2) is 4.79 Å². The summed E-state index contributed by atoms with van der Waals surface area (Å²) in [5.41, 5.74) is 1.23. The summed E-state index contributed by atoms with van der Waals surface area (Å²) >= 11 is 0. The van der Waals surface area contributed by atoms with E-state index in [1.807, 2.05) is 0 Å². The van der Waals surface area contributed by atoms with Crippen LogP contribution in [-0.2, 0) is 9.53 Å². The van der Waals surface area contributed by atoms with Crippen molar-refractivity contribution < 1.29 is 14.3 Å². The first-order chi connectivity index (χ1) is 9.60. The molecule has 2 rings (SSSR count). The van der Waals surface area contributed by atoms with Gasteiger partial charge in [-0.2, -0.15) is 0 Å². The average Bonchev–Trinajstić information content (AvgIpc) is 2.85. The number of ether oxygens (including phenoxy) is 1. The van der Waals surface area contributed by atoms with Gasteiger partial charge >= 0.3 is 6.09 Å². The van der Waals surface area contributed by atoms with Gasteiger partial charge in [0.1, 0.15) is 0 Å². The quantitative estimate of drug-likeness (QED) is 0.785. The number of rotatable bonds is 3. The Morgan fingerprint density at radius 3 is 2.55 bits per heavy atom. The van der Waals surface area contributed by atoms with Gasteiger partial charge in [0.05, 0.1) is 13.0 Å². The van der Waals surface area contributed by atoms with Crippen LogP contribution < -0.4 is 16.0 Å². The fourth-order valence-corrected chi connectivity index (χ4v) is 2.24. The number of carbonyl (C=O) groups excluding carboxylic acids is 2. The van der Waals surface area contributed by atoms with E-state index in [-0.39, 0.29) is 11.8 Å². The second-order valence-electron chi connectivity index (χ2n) is 4.93. The SMILES string of the molecule is COC(=O)Nc1cccc(NC(=O)[C@@H]2CNC[C@H]2C)c1. The van der Waals surface area contributed by atoms with E-state index in [1.165, 1.54) is 7.11 Å². The van der Waals surface area contributed by atoms with Crippen LogP contribution in [0.3, 0.4) is 0 Å². The molecule has 1 aliphatic heterocycles. The largest absolute Gasteiger partial charge is 0.453 e. The molecule has 1 heterocycles. The monoisotopic (exact) mass is 277 g/mol. The number of anilines is 2. The van der Waals surface area contributed by atoms with Crippen LogP contribution in [0.25, 0.3) is 0 Å². The van der Waals surface area contributed by atoms with Crippen LogP contribution in [0.15, 0.2) is 24.3 Å². The van der Waals surface area contributed by atoms with Crippen LogP contribution in [-0.4, -0.2) is 32.2 Å². The summed E-state index contributed by atoms with van der Waals surface area (Å²) in [6.45, 7) is 3.62. The van der Waals surface area contributed by atoms with Crippen LogP contribution in [0.4, 0.5) is 16.2 Å². The zero-order valence-electron chi connectivity index (χ0n) is 11.6. The van der Waals surface area contributed by atoms with Crippen molar-refractivity contribution in [2.45, 2.75) is 6.92 Å². The molecule has 0 spiro atoms. The minimum atomic E-state index is -0.540. The Morgan fingerprint density at radius 1 is 1.25 bits per heavy atom. The van der Waals surface area contributed by atoms with Crippen LogP contribution in [0.2, 0.25) is 0 Å². The Labute approximate surface area is 117 Å². The maximum atomic E-state index is 12.2. The Morgan fingerprint density at radius 2 is 1.95 bits per heavy atom. The van der Waals surface area contributed by atoms with E-state index in [1.54, 1.807) is 24.3 Å². The third-order valence-electron chi connectivity index (χ3n) is 3.42. The zero-order chi connectivity index (χ0) is 14.5. The highest BCUT2D eigenvalue weighted by Crippen LogP contribution is 2.20. The summed E-state index contributed by atoms with van der Waals surface area (Å²) in [5.74, 6) is 0.302. The average molecular weight is 277 g/mol. The van der Waals surface area contributed by atoms with Crippen molar-refractivity contribution in [2.24, 2.45) is 11.8 Å². The molecule has 6 nitrogen and oxygen atoms in total. The lowest BCUT2D eigenvalue weighted by Crippen LogP contribution is -2.27. The summed E-state index contributed by atoms with van der Waals surface area (Å²) in [7, 11) is 1.30. The first kappa shape index (κ1) is 14.3. The number of benzene rings is 1. The van der Waals surface area contributed by atoms with Gasteiger partial charge in [-0.1, -0.05) is 13.0 Å². The predicted molar refractivity (Wildman–Crippen MR) is 76.6 cm³/mol. The summed E-state index contributed by atoms with van der Waals surface area (Å²) < 4.78 is 4.52. The van der Waals surface area contributed by atoms with Gasteiger partial charge in [-0.3, -0.25) is 10.1 Å². The Bertz CT molecular complexity index is 504. The number of nitrogens with one attached hydrogen (secondary N) is 3. The Balaban J connectivity index is 2.00. The van der Waals surface area contributed by atoms with Crippen LogP contribution in [0.1, 0.15) is 6.92 Å². The van der Waals surface area contributed by atoms with Crippen LogP contribution in [0, 0.1) is 11.8 Å². The normalized spacial score (nSPS) is 21.3. The van der Waals surface area contributed by atoms with Gasteiger partial charge in [0.2, 0.25) is 5.91 Å². The molecule has 1 aromatic carbocycles. The van der Waals surface area contributed by atoms with Gasteiger partial charge in [0.25, 0.3) is 0 Å². The van der Waals surface area contributed by atoms with Crippen molar-refractivity contribution in [2.75, 3.05) is 30.8 Å². The van der Waals surface area contributed by atoms with Crippen LogP contribution in [0.5, 0.6) is 0 Å². The van der Waals surface area contributed by atoms with Gasteiger partial charge in [-0.15, -0.1) is 0 Å². The van der Waals surface area contributed by atoms with E-state index in [0.717, 1.165) is 6.54 Å². The molecular formula is C14H19N3O3. The molecule has 0 saturated carbocycles. The molecule has 1 saturated heterocycles. The summed E-state index contributed by atoms with van der Waals surface area (Å²) in [6.07, 6.45) is -0.540. The molecule has 1 aromatic rings. The van der Waals surface area contributed by atoms with Crippen molar-refractivity contribution in [1.82, 2.24) is 5.32 Å². The molecule has 0 radical (unpaired) electrons. The minimum Gasteiger partial charge on any atom is -0.453 e. The second kappa shape index (κ2) is 6.38. The molecular weight excluding hydrogens is 258 g/mol. The molecule has 2 atom stereocenters. The molecule has 1 aliphatic rings. The third kappa shape index (κ3) is 3.48. The lowest BCUT2D eigenvalue weighted by atomic mass is 9.97. The lowest BCUT2D eigenvalue weighted by molar-refractivity contribution is -0.120. The molecule has 108 valence electrons. The number of carbonyl (C=O) groups is 2. The topological polar surface area (TPSA) is 79.5 Å². The zero-order valence-corrected chi connectivity index (χ0v) is 11.6. The molecule has 2 amide bonds. The minimum absolute atomic E-state index is 0.00211. The van der Waals surface area contributed by atoms with E-state index in [9.17, 15) is 9.59 Å². The highest BCUT2D eigenvalue weighted by molar-refractivity contribution is 5.94. The summed E-state index contributed by atoms with van der Waals surface area (Å²) in [6, 6.07) is 6.97. The highest BCUT2D eigenvalue weighted by Gasteiger charge is 2.29. The van der Waals surface area contributed by atoms with Crippen molar-refractivity contribution in [3.8, 4) is 0 Å². The van der Waals surface area contributed by atoms with Gasteiger partial charge in [0, 0.05) is 17.9 Å². The van der Waals surface area contributed by atoms with Gasteiger partial charge < -0.3 is 15.4 Å². The fraction of sp³-hybridized carbons (Fsp3) is 0.429. The molecule has 0 bridgehead atoms. The Kier molecular flexibility index (Phi) is 4.57. The molecule has 1 fully saturated rings. The van der Waals surface area contributed by atoms with E-state index in [2.05, 4.69) is 27.6 Å². The maximum Gasteiger partial charge on any atom is 0.411 e. The Hall–Kier alpha value is -2.08. The number of methoxy groups -OCH3 is 1. The summed E-state index contributed by atoms with van der Waals surface area (Å²) in [4.78, 5) is 23.3. The third-order valence-corrected chi connectivity index (χ3v) is 3.42. The predicted octanol–water partition coefficient (Wildman–Crippen LogP) is 1.66. The van der Waals surface area contributed by atoms with E-state index in [4.69, 9.17) is 0 Å².